The van der Waals surface area contributed by atoms with Crippen molar-refractivity contribution >= 4 is 29.1 Å². The molecule has 6 nitrogen and oxygen atoms in total. The lowest BCUT2D eigenvalue weighted by Crippen LogP contribution is -2.46. The van der Waals surface area contributed by atoms with Crippen molar-refractivity contribution in [2.45, 2.75) is 17.9 Å². The summed E-state index contributed by atoms with van der Waals surface area (Å²) in [6.07, 6.45) is 1.97. The molecule has 1 unspecified atom stereocenters. The fourth-order valence-corrected chi connectivity index (χ4v) is 4.48. The van der Waals surface area contributed by atoms with Gasteiger partial charge in [-0.3, -0.25) is 4.90 Å². The summed E-state index contributed by atoms with van der Waals surface area (Å²) >= 11 is 1.60. The number of urea groups is 1. The predicted octanol–water partition coefficient (Wildman–Crippen LogP) is 6.44. The SMILES string of the molecule is CSc1ccc(N2C(=O)NC(c3cccc(F)c3)C(c3nc(-c4cccc(F)c4)no3)=C2C)cc1. The number of benzene rings is 3. The molecule has 176 valence electrons. The average Bonchev–Trinajstić information content (AvgIpc) is 3.34. The second kappa shape index (κ2) is 9.34. The van der Waals surface area contributed by atoms with E-state index in [4.69, 9.17) is 4.52 Å². The summed E-state index contributed by atoms with van der Waals surface area (Å²) in [4.78, 5) is 20.3. The Morgan fingerprint density at radius 2 is 1.71 bits per heavy atom. The van der Waals surface area contributed by atoms with Crippen LogP contribution in [0.5, 0.6) is 0 Å². The van der Waals surface area contributed by atoms with Gasteiger partial charge in [-0.1, -0.05) is 29.4 Å². The second-order valence-corrected chi connectivity index (χ2v) is 8.78. The van der Waals surface area contributed by atoms with Crippen molar-refractivity contribution in [2.75, 3.05) is 11.2 Å². The minimum atomic E-state index is -0.735. The molecule has 5 rings (SSSR count). The van der Waals surface area contributed by atoms with Gasteiger partial charge in [0, 0.05) is 16.2 Å². The van der Waals surface area contributed by atoms with Crippen LogP contribution in [0.25, 0.3) is 17.0 Å². The molecule has 0 radical (unpaired) electrons. The normalized spacial score (nSPS) is 15.9. The van der Waals surface area contributed by atoms with E-state index in [1.54, 1.807) is 43.0 Å². The van der Waals surface area contributed by atoms with Crippen molar-refractivity contribution in [3.63, 3.8) is 0 Å². The van der Waals surface area contributed by atoms with Crippen LogP contribution in [0.4, 0.5) is 19.3 Å². The summed E-state index contributed by atoms with van der Waals surface area (Å²) in [6, 6.07) is 18.3. The Morgan fingerprint density at radius 1 is 1.00 bits per heavy atom. The van der Waals surface area contributed by atoms with Gasteiger partial charge in [-0.2, -0.15) is 4.98 Å². The number of anilines is 1. The topological polar surface area (TPSA) is 71.3 Å². The minimum Gasteiger partial charge on any atom is -0.334 e. The first-order valence-corrected chi connectivity index (χ1v) is 12.0. The van der Waals surface area contributed by atoms with Gasteiger partial charge >= 0.3 is 6.03 Å². The summed E-state index contributed by atoms with van der Waals surface area (Å²) in [5, 5.41) is 6.97. The molecular weight excluding hydrogens is 470 g/mol. The first-order valence-electron chi connectivity index (χ1n) is 10.8. The van der Waals surface area contributed by atoms with E-state index in [1.165, 1.54) is 29.2 Å². The van der Waals surface area contributed by atoms with Crippen LogP contribution in [0.3, 0.4) is 0 Å². The molecule has 0 saturated carbocycles. The van der Waals surface area contributed by atoms with Crippen LogP contribution in [-0.4, -0.2) is 22.4 Å². The van der Waals surface area contributed by atoms with E-state index in [0.717, 1.165) is 4.90 Å². The van der Waals surface area contributed by atoms with Gasteiger partial charge in [0.2, 0.25) is 5.82 Å². The molecule has 1 aliphatic heterocycles. The van der Waals surface area contributed by atoms with Gasteiger partial charge in [0.15, 0.2) is 0 Å². The first-order chi connectivity index (χ1) is 16.9. The Bertz CT molecular complexity index is 1440. The van der Waals surface area contributed by atoms with Crippen molar-refractivity contribution in [2.24, 2.45) is 0 Å². The van der Waals surface area contributed by atoms with E-state index in [9.17, 15) is 13.6 Å². The highest BCUT2D eigenvalue weighted by atomic mass is 32.2. The molecule has 0 aliphatic carbocycles. The third-order valence-electron chi connectivity index (χ3n) is 5.74. The molecule has 0 bridgehead atoms. The zero-order valence-electron chi connectivity index (χ0n) is 18.8. The molecule has 1 atom stereocenters. The van der Waals surface area contributed by atoms with Gasteiger partial charge in [0.05, 0.1) is 17.3 Å². The van der Waals surface area contributed by atoms with Crippen LogP contribution >= 0.6 is 11.8 Å². The predicted molar refractivity (Wildman–Crippen MR) is 131 cm³/mol. The maximum atomic E-state index is 14.1. The number of hydrogen-bond acceptors (Lipinski definition) is 5. The Morgan fingerprint density at radius 3 is 2.40 bits per heavy atom. The monoisotopic (exact) mass is 490 g/mol. The van der Waals surface area contributed by atoms with Crippen LogP contribution in [-0.2, 0) is 0 Å². The number of nitrogens with one attached hydrogen (secondary N) is 1. The zero-order chi connectivity index (χ0) is 24.5. The van der Waals surface area contributed by atoms with Gasteiger partial charge in [-0.05, 0) is 67.3 Å². The van der Waals surface area contributed by atoms with Crippen molar-refractivity contribution in [1.29, 1.82) is 0 Å². The highest BCUT2D eigenvalue weighted by Gasteiger charge is 2.36. The summed E-state index contributed by atoms with van der Waals surface area (Å²) < 4.78 is 33.4. The zero-order valence-corrected chi connectivity index (χ0v) is 19.6. The van der Waals surface area contributed by atoms with Gasteiger partial charge in [-0.15, -0.1) is 11.8 Å². The molecule has 35 heavy (non-hydrogen) atoms. The number of carbonyl (C=O) groups excluding carboxylic acids is 1. The lowest BCUT2D eigenvalue weighted by Gasteiger charge is -2.35. The molecule has 0 fully saturated rings. The molecule has 1 N–H and O–H groups in total. The number of hydrogen-bond donors (Lipinski definition) is 1. The van der Waals surface area contributed by atoms with Gasteiger partial charge < -0.3 is 9.84 Å². The molecular formula is C26H20F2N4O2S. The van der Waals surface area contributed by atoms with Crippen molar-refractivity contribution in [3.8, 4) is 11.4 Å². The minimum absolute atomic E-state index is 0.141. The van der Waals surface area contributed by atoms with E-state index in [2.05, 4.69) is 15.5 Å². The van der Waals surface area contributed by atoms with Crippen LogP contribution < -0.4 is 10.2 Å². The third-order valence-corrected chi connectivity index (χ3v) is 6.48. The molecule has 0 spiro atoms. The smallest absolute Gasteiger partial charge is 0.326 e. The molecule has 1 aliphatic rings. The average molecular weight is 491 g/mol. The van der Waals surface area contributed by atoms with Crippen molar-refractivity contribution in [3.05, 3.63) is 102 Å². The van der Waals surface area contributed by atoms with Crippen LogP contribution in [0.1, 0.15) is 24.4 Å². The Labute approximate surface area is 204 Å². The number of halogens is 2. The van der Waals surface area contributed by atoms with Crippen LogP contribution in [0, 0.1) is 11.6 Å². The Balaban J connectivity index is 1.65. The highest BCUT2D eigenvalue weighted by molar-refractivity contribution is 7.98. The molecule has 4 aromatic rings. The second-order valence-electron chi connectivity index (χ2n) is 7.90. The van der Waals surface area contributed by atoms with Crippen LogP contribution in [0.2, 0.25) is 0 Å². The van der Waals surface area contributed by atoms with Gasteiger partial charge in [0.1, 0.15) is 11.6 Å². The lowest BCUT2D eigenvalue weighted by molar-refractivity contribution is 0.244. The summed E-state index contributed by atoms with van der Waals surface area (Å²) in [7, 11) is 0. The number of thioether (sulfide) groups is 1. The maximum Gasteiger partial charge on any atom is 0.326 e. The third kappa shape index (κ3) is 4.42. The Kier molecular flexibility index (Phi) is 6.08. The molecule has 9 heteroatoms. The first kappa shape index (κ1) is 22.8. The highest BCUT2D eigenvalue weighted by Crippen LogP contribution is 2.39. The summed E-state index contributed by atoms with van der Waals surface area (Å²) in [5.74, 6) is -0.520. The van der Waals surface area contributed by atoms with Gasteiger partial charge in [0.25, 0.3) is 5.89 Å². The fraction of sp³-hybridized carbons (Fsp3) is 0.115. The molecule has 0 saturated heterocycles. The number of allylic oxidation sites excluding steroid dienone is 1. The van der Waals surface area contributed by atoms with Crippen molar-refractivity contribution in [1.82, 2.24) is 15.5 Å². The number of aromatic nitrogens is 2. The molecule has 2 amide bonds. The van der Waals surface area contributed by atoms with E-state index < -0.39 is 17.7 Å². The largest absolute Gasteiger partial charge is 0.334 e. The number of carbonyl (C=O) groups is 1. The van der Waals surface area contributed by atoms with E-state index >= 15 is 0 Å². The van der Waals surface area contributed by atoms with E-state index in [1.807, 2.05) is 30.5 Å². The fourth-order valence-electron chi connectivity index (χ4n) is 4.08. The standard InChI is InChI=1S/C26H20F2N4O2S/c1-15-22(25-30-24(31-34-25)17-6-4-8-19(28)14-17)23(16-5-3-7-18(27)13-16)29-26(33)32(15)20-9-11-21(35-2)12-10-20/h3-14,23H,1-2H3,(H,29,33). The molecule has 1 aromatic heterocycles. The van der Waals surface area contributed by atoms with E-state index in [0.29, 0.717) is 28.1 Å². The molecule has 3 aromatic carbocycles. The van der Waals surface area contributed by atoms with Crippen LogP contribution in [0.15, 0.2) is 87.9 Å². The summed E-state index contributed by atoms with van der Waals surface area (Å²) in [5.41, 5.74) is 2.69. The summed E-state index contributed by atoms with van der Waals surface area (Å²) in [6.45, 7) is 1.77. The Hall–Kier alpha value is -3.98. The van der Waals surface area contributed by atoms with Crippen molar-refractivity contribution < 1.29 is 18.1 Å². The number of nitrogens with zero attached hydrogens (tertiary/aromatic N) is 3. The number of amides is 2. The number of rotatable bonds is 5. The van der Waals surface area contributed by atoms with Gasteiger partial charge in [-0.25, -0.2) is 13.6 Å². The maximum absolute atomic E-state index is 14.1. The lowest BCUT2D eigenvalue weighted by atomic mass is 9.94. The van der Waals surface area contributed by atoms with E-state index in [-0.39, 0.29) is 17.7 Å². The molecule has 2 heterocycles. The quantitative estimate of drug-likeness (QED) is 0.326.